The Labute approximate surface area is 230 Å². The van der Waals surface area contributed by atoms with Crippen LogP contribution >= 0.6 is 11.6 Å². The molecule has 2 aliphatic heterocycles. The molecule has 39 heavy (non-hydrogen) atoms. The number of hydrogen-bond acceptors (Lipinski definition) is 10. The summed E-state index contributed by atoms with van der Waals surface area (Å²) in [6, 6.07) is 4.31. The number of ether oxygens (including phenoxy) is 1. The monoisotopic (exact) mass is 555 g/mol. The molecule has 13 heteroatoms. The largest absolute Gasteiger partial charge is 0.491 e. The summed E-state index contributed by atoms with van der Waals surface area (Å²) in [4.78, 5) is 36.2. The maximum atomic E-state index is 12.5. The summed E-state index contributed by atoms with van der Waals surface area (Å²) in [5, 5.41) is 22.6. The molecule has 12 nitrogen and oxygen atoms in total. The van der Waals surface area contributed by atoms with Gasteiger partial charge in [0.05, 0.1) is 33.9 Å². The van der Waals surface area contributed by atoms with Crippen LogP contribution in [0.3, 0.4) is 0 Å². The van der Waals surface area contributed by atoms with Crippen LogP contribution < -0.4 is 25.6 Å². The van der Waals surface area contributed by atoms with Gasteiger partial charge in [-0.05, 0) is 46.0 Å². The molecule has 2 aromatic heterocycles. The summed E-state index contributed by atoms with van der Waals surface area (Å²) in [5.74, 6) is 1.35. The van der Waals surface area contributed by atoms with Crippen LogP contribution in [0.15, 0.2) is 22.7 Å². The first-order valence-corrected chi connectivity index (χ1v) is 13.0. The molecule has 0 bridgehead atoms. The molecule has 2 fully saturated rings. The van der Waals surface area contributed by atoms with E-state index in [1.807, 2.05) is 25.7 Å². The van der Waals surface area contributed by atoms with Crippen LogP contribution in [0.2, 0.25) is 5.02 Å². The molecule has 4 heterocycles. The second kappa shape index (κ2) is 10.8. The Morgan fingerprint density at radius 3 is 2.77 bits per heavy atom. The van der Waals surface area contributed by atoms with E-state index < -0.39 is 18.1 Å². The quantitative estimate of drug-likeness (QED) is 0.324. The first kappa shape index (κ1) is 26.9. The van der Waals surface area contributed by atoms with Crippen LogP contribution in [-0.4, -0.2) is 77.6 Å². The molecular formula is C26H30ClN7O5. The van der Waals surface area contributed by atoms with Gasteiger partial charge in [0.15, 0.2) is 5.82 Å². The van der Waals surface area contributed by atoms with Gasteiger partial charge in [0, 0.05) is 30.8 Å². The van der Waals surface area contributed by atoms with E-state index in [9.17, 15) is 14.7 Å². The van der Waals surface area contributed by atoms with Crippen molar-refractivity contribution in [3.63, 3.8) is 0 Å². The van der Waals surface area contributed by atoms with E-state index in [0.29, 0.717) is 64.8 Å². The topological polar surface area (TPSA) is 155 Å². The predicted molar refractivity (Wildman–Crippen MR) is 144 cm³/mol. The van der Waals surface area contributed by atoms with Crippen molar-refractivity contribution in [1.82, 2.24) is 31.1 Å². The number of nitrogens with one attached hydrogen (secondary N) is 3. The van der Waals surface area contributed by atoms with Gasteiger partial charge in [-0.3, -0.25) is 10.1 Å². The van der Waals surface area contributed by atoms with Gasteiger partial charge in [-0.25, -0.2) is 14.8 Å². The lowest BCUT2D eigenvalue weighted by molar-refractivity contribution is -0.124. The van der Waals surface area contributed by atoms with Gasteiger partial charge in [0.25, 0.3) is 0 Å². The van der Waals surface area contributed by atoms with Crippen molar-refractivity contribution in [3.8, 4) is 28.4 Å². The third-order valence-corrected chi connectivity index (χ3v) is 7.29. The van der Waals surface area contributed by atoms with Crippen molar-refractivity contribution in [3.05, 3.63) is 40.2 Å². The van der Waals surface area contributed by atoms with Crippen molar-refractivity contribution >= 4 is 29.4 Å². The maximum absolute atomic E-state index is 12.5. The Morgan fingerprint density at radius 2 is 2.05 bits per heavy atom. The van der Waals surface area contributed by atoms with Gasteiger partial charge in [0.1, 0.15) is 30.0 Å². The highest BCUT2D eigenvalue weighted by atomic mass is 35.5. The number of halogens is 1. The molecule has 5 rings (SSSR count). The normalized spacial score (nSPS) is 19.5. The molecule has 0 radical (unpaired) electrons. The number of aliphatic hydroxyl groups is 1. The smallest absolute Gasteiger partial charge is 0.321 e. The van der Waals surface area contributed by atoms with Gasteiger partial charge < -0.3 is 29.9 Å². The molecule has 0 saturated carbocycles. The lowest BCUT2D eigenvalue weighted by atomic mass is 10.0. The fourth-order valence-corrected chi connectivity index (χ4v) is 5.25. The van der Waals surface area contributed by atoms with Crippen LogP contribution in [0, 0.1) is 26.7 Å². The van der Waals surface area contributed by atoms with Crippen molar-refractivity contribution in [2.45, 2.75) is 32.9 Å². The van der Waals surface area contributed by atoms with Gasteiger partial charge in [0.2, 0.25) is 5.91 Å². The zero-order valence-electron chi connectivity index (χ0n) is 22.0. The number of aliphatic hydroxyl groups excluding tert-OH is 1. The number of benzene rings is 1. The number of carbonyl (C=O) groups excluding carboxylic acids is 2. The molecule has 1 aromatic carbocycles. The molecule has 3 aromatic rings. The van der Waals surface area contributed by atoms with Gasteiger partial charge in [-0.2, -0.15) is 0 Å². The Bertz CT molecular complexity index is 1410. The van der Waals surface area contributed by atoms with Crippen LogP contribution in [-0.2, 0) is 4.79 Å². The van der Waals surface area contributed by atoms with E-state index in [4.69, 9.17) is 30.8 Å². The van der Waals surface area contributed by atoms with E-state index >= 15 is 0 Å². The minimum Gasteiger partial charge on any atom is -0.491 e. The molecule has 3 atom stereocenters. The minimum absolute atomic E-state index is 0.0938. The number of carbonyl (C=O) groups is 2. The van der Waals surface area contributed by atoms with E-state index in [2.05, 4.69) is 21.1 Å². The zero-order valence-corrected chi connectivity index (χ0v) is 22.8. The Hall–Kier alpha value is -3.74. The highest BCUT2D eigenvalue weighted by Gasteiger charge is 2.43. The summed E-state index contributed by atoms with van der Waals surface area (Å²) >= 11 is 6.63. The molecule has 0 aliphatic carbocycles. The average Bonchev–Trinajstić information content (AvgIpc) is 3.47. The number of amides is 3. The summed E-state index contributed by atoms with van der Waals surface area (Å²) in [5.41, 5.74) is 3.36. The number of imide groups is 1. The van der Waals surface area contributed by atoms with Gasteiger partial charge in [-0.15, -0.1) is 0 Å². The first-order chi connectivity index (χ1) is 18.7. The number of hydrogen-bond donors (Lipinski definition) is 4. The average molecular weight is 556 g/mol. The van der Waals surface area contributed by atoms with Crippen LogP contribution in [0.5, 0.6) is 5.75 Å². The Morgan fingerprint density at radius 1 is 1.26 bits per heavy atom. The van der Waals surface area contributed by atoms with Crippen LogP contribution in [0.4, 0.5) is 10.6 Å². The second-order valence-corrected chi connectivity index (χ2v) is 10.2. The van der Waals surface area contributed by atoms with Gasteiger partial charge >= 0.3 is 6.03 Å². The SMILES string of the molecule is CNC[C@@H](O)COc1ccc(Cl)c(-c2nc(-c3c(C)noc3C)c(C)c(N3CC4NC(=O)NC(=O)C4C3)n2)c1. The van der Waals surface area contributed by atoms with E-state index in [1.165, 1.54) is 0 Å². The van der Waals surface area contributed by atoms with Crippen LogP contribution in [0.1, 0.15) is 17.0 Å². The molecule has 206 valence electrons. The number of likely N-dealkylation sites (N-methyl/N-ethyl adjacent to an activating group) is 1. The minimum atomic E-state index is -0.682. The Balaban J connectivity index is 1.58. The van der Waals surface area contributed by atoms with Gasteiger partial charge in [-0.1, -0.05) is 16.8 Å². The molecule has 2 unspecified atom stereocenters. The third kappa shape index (κ3) is 5.27. The maximum Gasteiger partial charge on any atom is 0.321 e. The molecule has 2 aliphatic rings. The zero-order chi connectivity index (χ0) is 27.8. The Kier molecular flexibility index (Phi) is 7.43. The summed E-state index contributed by atoms with van der Waals surface area (Å²) in [6.45, 7) is 6.83. The molecular weight excluding hydrogens is 526 g/mol. The fraction of sp³-hybridized carbons (Fsp3) is 0.423. The lowest BCUT2D eigenvalue weighted by Crippen LogP contribution is -2.57. The molecule has 2 saturated heterocycles. The predicted octanol–water partition coefficient (Wildman–Crippen LogP) is 1.98. The molecule has 0 spiro atoms. The van der Waals surface area contributed by atoms with E-state index in [1.54, 1.807) is 25.2 Å². The van der Waals surface area contributed by atoms with E-state index in [0.717, 1.165) is 11.1 Å². The number of aryl methyl sites for hydroxylation is 2. The molecule has 4 N–H and O–H groups in total. The number of anilines is 1. The standard InChI is InChI=1S/C26H30ClN7O5/c1-12-22(21-13(2)33-39-14(21)3)30-23(17-7-16(5-6-19(17)27)38-11-15(35)8-28-4)31-24(12)34-9-18-20(10-34)29-26(37)32-25(18)36/h5-7,15,18,20,28,35H,8-11H2,1-4H3,(H2,29,32,36,37)/t15-,18?,20?/m1/s1. The fourth-order valence-electron chi connectivity index (χ4n) is 5.05. The molecule has 3 amide bonds. The number of fused-ring (bicyclic) bond motifs is 1. The lowest BCUT2D eigenvalue weighted by Gasteiger charge is -2.23. The first-order valence-electron chi connectivity index (χ1n) is 12.6. The number of urea groups is 1. The summed E-state index contributed by atoms with van der Waals surface area (Å²) in [6.07, 6.45) is -0.682. The third-order valence-electron chi connectivity index (χ3n) is 6.96. The van der Waals surface area contributed by atoms with Crippen molar-refractivity contribution in [2.75, 3.05) is 38.2 Å². The number of nitrogens with zero attached hydrogens (tertiary/aromatic N) is 4. The summed E-state index contributed by atoms with van der Waals surface area (Å²) in [7, 11) is 1.75. The number of rotatable bonds is 8. The van der Waals surface area contributed by atoms with Crippen molar-refractivity contribution < 1.29 is 24.0 Å². The second-order valence-electron chi connectivity index (χ2n) is 9.79. The summed E-state index contributed by atoms with van der Waals surface area (Å²) < 4.78 is 11.2. The highest BCUT2D eigenvalue weighted by molar-refractivity contribution is 6.33. The highest BCUT2D eigenvalue weighted by Crippen LogP contribution is 2.38. The van der Waals surface area contributed by atoms with Crippen molar-refractivity contribution in [2.24, 2.45) is 5.92 Å². The number of aromatic nitrogens is 3. The van der Waals surface area contributed by atoms with Crippen molar-refractivity contribution in [1.29, 1.82) is 0 Å². The van der Waals surface area contributed by atoms with E-state index in [-0.39, 0.29) is 18.6 Å². The van der Waals surface area contributed by atoms with Crippen LogP contribution in [0.25, 0.3) is 22.6 Å².